The van der Waals surface area contributed by atoms with Crippen molar-refractivity contribution in [3.8, 4) is 0 Å². The van der Waals surface area contributed by atoms with Gasteiger partial charge in [0.15, 0.2) is 12.2 Å². The molecule has 0 saturated heterocycles. The molecule has 7 atom stereocenters. The Labute approximate surface area is 548 Å². The SMILES string of the molecule is CCCCCC/C=C\C=C/CCCCCCCC(=O)O[C@H](COC(=O)CCCCCCCCCCCCC(C)CC)COP(=O)(O)OC[C@@H](O)COP(=O)(O)OC[C@@H](COC(=O)CCCCCCCCC(C)CC)OC(=O)CCCCCCCCCCC(C)C. The molecule has 0 aromatic heterocycles. The average molecular weight is 1320 g/mol. The van der Waals surface area contributed by atoms with Gasteiger partial charge in [-0.2, -0.15) is 0 Å². The zero-order valence-electron chi connectivity index (χ0n) is 58.1. The monoisotopic (exact) mass is 1320 g/mol. The summed E-state index contributed by atoms with van der Waals surface area (Å²) in [5, 5.41) is 10.6. The van der Waals surface area contributed by atoms with Gasteiger partial charge >= 0.3 is 39.5 Å². The molecule has 90 heavy (non-hydrogen) atoms. The van der Waals surface area contributed by atoms with Crippen molar-refractivity contribution in [2.45, 2.75) is 349 Å². The second-order valence-corrected chi connectivity index (χ2v) is 28.8. The van der Waals surface area contributed by atoms with Crippen LogP contribution in [0.15, 0.2) is 24.3 Å². The minimum absolute atomic E-state index is 0.0843. The van der Waals surface area contributed by atoms with Gasteiger partial charge in [-0.3, -0.25) is 37.3 Å². The molecule has 0 fully saturated rings. The fraction of sp³-hybridized carbons (Fsp3) is 0.887. The highest BCUT2D eigenvalue weighted by Crippen LogP contribution is 2.45. The summed E-state index contributed by atoms with van der Waals surface area (Å²) in [5.74, 6) is 0.0942. The summed E-state index contributed by atoms with van der Waals surface area (Å²) < 4.78 is 68.3. The highest BCUT2D eigenvalue weighted by molar-refractivity contribution is 7.47. The Morgan fingerprint density at radius 1 is 0.367 bits per heavy atom. The van der Waals surface area contributed by atoms with Gasteiger partial charge in [0.2, 0.25) is 0 Å². The van der Waals surface area contributed by atoms with Gasteiger partial charge < -0.3 is 33.8 Å². The number of carbonyl (C=O) groups is 4. The number of carbonyl (C=O) groups excluding carboxylic acids is 4. The molecule has 0 bridgehead atoms. The van der Waals surface area contributed by atoms with Crippen LogP contribution in [0, 0.1) is 17.8 Å². The maximum atomic E-state index is 13.0. The van der Waals surface area contributed by atoms with E-state index in [0.717, 1.165) is 121 Å². The van der Waals surface area contributed by atoms with Gasteiger partial charge in [0, 0.05) is 25.7 Å². The molecule has 0 rings (SSSR count). The molecule has 0 aliphatic carbocycles. The Kier molecular flexibility index (Phi) is 59.7. The minimum Gasteiger partial charge on any atom is -0.462 e. The molecule has 19 heteroatoms. The van der Waals surface area contributed by atoms with Crippen molar-refractivity contribution in [3.63, 3.8) is 0 Å². The van der Waals surface area contributed by atoms with E-state index in [-0.39, 0.29) is 25.7 Å². The maximum Gasteiger partial charge on any atom is 0.472 e. The largest absolute Gasteiger partial charge is 0.472 e. The standard InChI is InChI=1S/C71H134O17P2/c1-8-11-12-13-14-15-16-17-18-19-20-25-31-40-47-54-70(75)87-66(58-81-68(73)52-45-38-30-24-22-21-23-29-36-43-50-63(6)9-2)60-85-89(77,78)83-56-65(72)57-84-90(79,80)86-61-67(59-82-69(74)53-46-39-34-33-37-44-51-64(7)10-3)88-71(76)55-48-41-32-27-26-28-35-42-49-62(4)5/h15-18,62-67,72H,8-14,19-61H2,1-7H3,(H,77,78)(H,79,80)/b16-15-,18-17-/t63?,64?,65-,66-,67-/m1/s1. The molecule has 0 heterocycles. The summed E-state index contributed by atoms with van der Waals surface area (Å²) >= 11 is 0. The van der Waals surface area contributed by atoms with Gasteiger partial charge in [0.1, 0.15) is 19.3 Å². The van der Waals surface area contributed by atoms with Crippen LogP contribution in [-0.4, -0.2) is 96.7 Å². The number of allylic oxidation sites excluding steroid dienone is 4. The summed E-state index contributed by atoms with van der Waals surface area (Å²) in [5.41, 5.74) is 0. The van der Waals surface area contributed by atoms with Crippen molar-refractivity contribution in [2.24, 2.45) is 17.8 Å². The Morgan fingerprint density at radius 3 is 0.989 bits per heavy atom. The first-order chi connectivity index (χ1) is 43.3. The van der Waals surface area contributed by atoms with E-state index in [1.165, 1.54) is 122 Å². The first-order valence-corrected chi connectivity index (χ1v) is 39.2. The molecule has 0 spiro atoms. The van der Waals surface area contributed by atoms with Crippen LogP contribution in [0.5, 0.6) is 0 Å². The maximum absolute atomic E-state index is 13.0. The Bertz CT molecular complexity index is 1860. The number of hydrogen-bond acceptors (Lipinski definition) is 15. The minimum atomic E-state index is -4.96. The predicted molar refractivity (Wildman–Crippen MR) is 363 cm³/mol. The molecule has 17 nitrogen and oxygen atoms in total. The van der Waals surface area contributed by atoms with Crippen molar-refractivity contribution in [3.05, 3.63) is 24.3 Å². The average Bonchev–Trinajstić information content (AvgIpc) is 2.67. The Hall–Kier alpha value is -2.46. The third-order valence-corrected chi connectivity index (χ3v) is 18.4. The van der Waals surface area contributed by atoms with E-state index in [2.05, 4.69) is 72.8 Å². The molecular weight excluding hydrogens is 1190 g/mol. The van der Waals surface area contributed by atoms with E-state index >= 15 is 0 Å². The number of ether oxygens (including phenoxy) is 4. The summed E-state index contributed by atoms with van der Waals surface area (Å²) in [4.78, 5) is 72.5. The second-order valence-electron chi connectivity index (χ2n) is 25.9. The van der Waals surface area contributed by atoms with E-state index in [1.807, 2.05) is 0 Å². The van der Waals surface area contributed by atoms with Crippen molar-refractivity contribution < 1.29 is 80.2 Å². The highest BCUT2D eigenvalue weighted by Gasteiger charge is 2.30. The second kappa shape index (κ2) is 61.4. The van der Waals surface area contributed by atoms with Crippen LogP contribution >= 0.6 is 15.6 Å². The van der Waals surface area contributed by atoms with Crippen LogP contribution in [0.25, 0.3) is 0 Å². The van der Waals surface area contributed by atoms with Gasteiger partial charge in [-0.1, -0.05) is 278 Å². The number of phosphoric ester groups is 2. The first kappa shape index (κ1) is 87.5. The van der Waals surface area contributed by atoms with Crippen molar-refractivity contribution in [1.82, 2.24) is 0 Å². The van der Waals surface area contributed by atoms with E-state index < -0.39 is 97.5 Å². The lowest BCUT2D eigenvalue weighted by atomic mass is 9.99. The van der Waals surface area contributed by atoms with E-state index in [9.17, 15) is 43.2 Å². The number of aliphatic hydroxyl groups is 1. The Morgan fingerprint density at radius 2 is 0.656 bits per heavy atom. The normalized spacial score (nSPS) is 15.0. The Balaban J connectivity index is 5.30. The van der Waals surface area contributed by atoms with Gasteiger partial charge in [-0.25, -0.2) is 9.13 Å². The van der Waals surface area contributed by atoms with Gasteiger partial charge in [0.25, 0.3) is 0 Å². The quantitative estimate of drug-likeness (QED) is 0.0169. The molecule has 4 unspecified atom stereocenters. The molecular formula is C71H134O17P2. The van der Waals surface area contributed by atoms with Crippen LogP contribution in [0.4, 0.5) is 0 Å². The lowest BCUT2D eigenvalue weighted by molar-refractivity contribution is -0.161. The van der Waals surface area contributed by atoms with Crippen LogP contribution in [-0.2, 0) is 65.4 Å². The van der Waals surface area contributed by atoms with E-state index in [1.54, 1.807) is 0 Å². The number of aliphatic hydroxyl groups excluding tert-OH is 1. The molecule has 0 aromatic carbocycles. The molecule has 0 saturated carbocycles. The summed E-state index contributed by atoms with van der Waals surface area (Å²) in [6.07, 6.45) is 48.0. The molecule has 530 valence electrons. The fourth-order valence-corrected chi connectivity index (χ4v) is 11.7. The topological polar surface area (TPSA) is 237 Å². The number of esters is 4. The van der Waals surface area contributed by atoms with Crippen molar-refractivity contribution in [2.75, 3.05) is 39.6 Å². The predicted octanol–water partition coefficient (Wildman–Crippen LogP) is 19.8. The fourth-order valence-electron chi connectivity index (χ4n) is 10.1. The van der Waals surface area contributed by atoms with Crippen molar-refractivity contribution >= 4 is 39.5 Å². The zero-order chi connectivity index (χ0) is 66.6. The van der Waals surface area contributed by atoms with Crippen LogP contribution < -0.4 is 0 Å². The van der Waals surface area contributed by atoms with E-state index in [4.69, 9.17) is 37.0 Å². The zero-order valence-corrected chi connectivity index (χ0v) is 59.9. The third-order valence-electron chi connectivity index (χ3n) is 16.5. The van der Waals surface area contributed by atoms with Gasteiger partial charge in [-0.05, 0) is 69.1 Å². The summed E-state index contributed by atoms with van der Waals surface area (Å²) in [7, 11) is -9.92. The molecule has 0 aliphatic heterocycles. The number of phosphoric acid groups is 2. The number of hydrogen-bond donors (Lipinski definition) is 3. The van der Waals surface area contributed by atoms with Crippen LogP contribution in [0.1, 0.15) is 331 Å². The van der Waals surface area contributed by atoms with Gasteiger partial charge in [-0.15, -0.1) is 0 Å². The summed E-state index contributed by atoms with van der Waals surface area (Å²) in [6, 6.07) is 0. The van der Waals surface area contributed by atoms with Crippen LogP contribution in [0.3, 0.4) is 0 Å². The molecule has 0 aliphatic rings. The summed E-state index contributed by atoms with van der Waals surface area (Å²) in [6.45, 7) is 11.7. The lowest BCUT2D eigenvalue weighted by Crippen LogP contribution is -2.30. The number of rotatable bonds is 67. The lowest BCUT2D eigenvalue weighted by Gasteiger charge is -2.21. The molecule has 0 aromatic rings. The molecule has 3 N–H and O–H groups in total. The first-order valence-electron chi connectivity index (χ1n) is 36.2. The van der Waals surface area contributed by atoms with Crippen LogP contribution in [0.2, 0.25) is 0 Å². The molecule has 0 amide bonds. The third kappa shape index (κ3) is 61.7. The molecule has 0 radical (unpaired) electrons. The highest BCUT2D eigenvalue weighted by atomic mass is 31.2. The van der Waals surface area contributed by atoms with E-state index in [0.29, 0.717) is 31.6 Å². The van der Waals surface area contributed by atoms with Crippen molar-refractivity contribution in [1.29, 1.82) is 0 Å². The smallest absolute Gasteiger partial charge is 0.462 e. The number of unbranched alkanes of at least 4 members (excludes halogenated alkanes) is 30. The van der Waals surface area contributed by atoms with Gasteiger partial charge in [0.05, 0.1) is 26.4 Å².